The maximum Gasteiger partial charge on any atom is 0.417 e. The minimum atomic E-state index is -4.74. The molecule has 3 aromatic carbocycles. The van der Waals surface area contributed by atoms with E-state index in [0.29, 0.717) is 17.3 Å². The Morgan fingerprint density at radius 3 is 2.46 bits per heavy atom. The molecule has 0 aliphatic heterocycles. The molecule has 4 rings (SSSR count). The number of hydrogen-bond donors (Lipinski definition) is 1. The molecule has 0 unspecified atom stereocenters. The number of nitrogens with one attached hydrogen (secondary N) is 1. The van der Waals surface area contributed by atoms with Crippen LogP contribution in [-0.4, -0.2) is 27.1 Å². The molecule has 1 heterocycles. The first-order valence-electron chi connectivity index (χ1n) is 10.5. The van der Waals surface area contributed by atoms with Gasteiger partial charge in [0.05, 0.1) is 22.5 Å². The smallest absolute Gasteiger partial charge is 0.417 e. The second kappa shape index (κ2) is 9.43. The van der Waals surface area contributed by atoms with Crippen LogP contribution in [0.3, 0.4) is 0 Å². The van der Waals surface area contributed by atoms with Crippen LogP contribution in [0.4, 0.5) is 24.5 Å². The van der Waals surface area contributed by atoms with Gasteiger partial charge in [0, 0.05) is 35.5 Å². The third-order valence-corrected chi connectivity index (χ3v) is 6.89. The van der Waals surface area contributed by atoms with Crippen LogP contribution in [0.2, 0.25) is 5.02 Å². The first kappa shape index (κ1) is 24.9. The zero-order valence-electron chi connectivity index (χ0n) is 18.4. The highest BCUT2D eigenvalue weighted by atomic mass is 35.5. The topological polar surface area (TPSA) is 79.6 Å². The summed E-state index contributed by atoms with van der Waals surface area (Å²) >= 11 is 5.63. The summed E-state index contributed by atoms with van der Waals surface area (Å²) in [6.45, 7) is -0.187. The van der Waals surface area contributed by atoms with Crippen molar-refractivity contribution in [2.45, 2.75) is 19.0 Å². The number of halogens is 4. The fourth-order valence-corrected chi connectivity index (χ4v) is 4.96. The fraction of sp³-hybridized carbons (Fsp3) is 0.208. The molecule has 6 nitrogen and oxygen atoms in total. The standard InChI is InChI=1S/C24H20ClF3N2O4S/c1-35(32,33)30(16-9-11-20(25)19(14-16)24(26,27)28)12-4-7-23(31)29-15-8-10-18-17-5-2-3-6-21(17)34-22(18)13-15/h2-3,5-6,8-11,13-14H,4,7,12H2,1H3,(H,29,31). The Bertz CT molecular complexity index is 1520. The van der Waals surface area contributed by atoms with Crippen molar-refractivity contribution in [1.82, 2.24) is 0 Å². The maximum atomic E-state index is 13.2. The number of carbonyl (C=O) groups is 1. The van der Waals surface area contributed by atoms with Crippen LogP contribution < -0.4 is 9.62 Å². The summed E-state index contributed by atoms with van der Waals surface area (Å²) in [5.74, 6) is -0.374. The molecule has 0 atom stereocenters. The van der Waals surface area contributed by atoms with Crippen LogP contribution in [0, 0.1) is 0 Å². The number of hydrogen-bond acceptors (Lipinski definition) is 4. The number of alkyl halides is 3. The summed E-state index contributed by atoms with van der Waals surface area (Å²) in [5.41, 5.74) is 0.524. The van der Waals surface area contributed by atoms with Gasteiger partial charge in [0.15, 0.2) is 0 Å². The molecule has 0 radical (unpaired) electrons. The Kier molecular flexibility index (Phi) is 6.70. The number of sulfonamides is 1. The van der Waals surface area contributed by atoms with Gasteiger partial charge in [0.25, 0.3) is 0 Å². The molecule has 35 heavy (non-hydrogen) atoms. The molecule has 0 saturated heterocycles. The van der Waals surface area contributed by atoms with Crippen molar-refractivity contribution in [2.24, 2.45) is 0 Å². The van der Waals surface area contributed by atoms with Gasteiger partial charge < -0.3 is 9.73 Å². The molecule has 0 bridgehead atoms. The van der Waals surface area contributed by atoms with Gasteiger partial charge in [-0.2, -0.15) is 13.2 Å². The number of rotatable bonds is 7. The van der Waals surface area contributed by atoms with Crippen LogP contribution in [0.15, 0.2) is 65.1 Å². The van der Waals surface area contributed by atoms with Crippen molar-refractivity contribution in [2.75, 3.05) is 22.4 Å². The highest BCUT2D eigenvalue weighted by Crippen LogP contribution is 2.37. The van der Waals surface area contributed by atoms with E-state index in [1.165, 1.54) is 6.07 Å². The Hall–Kier alpha value is -3.24. The molecular formula is C24H20ClF3N2O4S. The van der Waals surface area contributed by atoms with E-state index in [4.69, 9.17) is 16.0 Å². The summed E-state index contributed by atoms with van der Waals surface area (Å²) in [6.07, 6.45) is -3.83. The van der Waals surface area contributed by atoms with E-state index < -0.39 is 26.8 Å². The summed E-state index contributed by atoms with van der Waals surface area (Å²) in [5, 5.41) is 4.06. The molecule has 11 heteroatoms. The molecule has 184 valence electrons. The van der Waals surface area contributed by atoms with Crippen LogP contribution in [0.5, 0.6) is 0 Å². The lowest BCUT2D eigenvalue weighted by Gasteiger charge is -2.23. The Morgan fingerprint density at radius 2 is 1.74 bits per heavy atom. The average molecular weight is 525 g/mol. The zero-order chi connectivity index (χ0) is 25.4. The number of fused-ring (bicyclic) bond motifs is 3. The first-order valence-corrected chi connectivity index (χ1v) is 12.7. The number of amides is 1. The lowest BCUT2D eigenvalue weighted by Crippen LogP contribution is -2.31. The van der Waals surface area contributed by atoms with Gasteiger partial charge >= 0.3 is 6.18 Å². The van der Waals surface area contributed by atoms with E-state index in [0.717, 1.165) is 33.0 Å². The largest absolute Gasteiger partial charge is 0.456 e. The number of furan rings is 1. The Morgan fingerprint density at radius 1 is 1.03 bits per heavy atom. The SMILES string of the molecule is CS(=O)(=O)N(CCCC(=O)Nc1ccc2c(c1)oc1ccccc12)c1ccc(Cl)c(C(F)(F)F)c1. The van der Waals surface area contributed by atoms with Gasteiger partial charge in [-0.3, -0.25) is 9.10 Å². The molecule has 4 aromatic rings. The van der Waals surface area contributed by atoms with E-state index in [1.807, 2.05) is 30.3 Å². The third-order valence-electron chi connectivity index (χ3n) is 5.37. The van der Waals surface area contributed by atoms with Crippen molar-refractivity contribution in [3.05, 3.63) is 71.2 Å². The maximum absolute atomic E-state index is 13.2. The second-order valence-corrected chi connectivity index (χ2v) is 10.3. The Balaban J connectivity index is 1.44. The molecule has 0 aliphatic rings. The van der Waals surface area contributed by atoms with Crippen LogP contribution in [-0.2, 0) is 21.0 Å². The van der Waals surface area contributed by atoms with E-state index in [-0.39, 0.29) is 31.0 Å². The van der Waals surface area contributed by atoms with Crippen molar-refractivity contribution in [1.29, 1.82) is 0 Å². The fourth-order valence-electron chi connectivity index (χ4n) is 3.78. The van der Waals surface area contributed by atoms with Gasteiger partial charge in [-0.15, -0.1) is 0 Å². The van der Waals surface area contributed by atoms with Gasteiger partial charge in [-0.25, -0.2) is 8.42 Å². The number of nitrogens with zero attached hydrogens (tertiary/aromatic N) is 1. The van der Waals surface area contributed by atoms with E-state index >= 15 is 0 Å². The molecule has 0 aliphatic carbocycles. The molecule has 1 N–H and O–H groups in total. The number of para-hydroxylation sites is 1. The number of carbonyl (C=O) groups excluding carboxylic acids is 1. The molecule has 0 spiro atoms. The molecule has 1 amide bonds. The summed E-state index contributed by atoms with van der Waals surface area (Å²) in [7, 11) is -3.91. The molecule has 0 saturated carbocycles. The van der Waals surface area contributed by atoms with Crippen molar-refractivity contribution < 1.29 is 30.8 Å². The van der Waals surface area contributed by atoms with Gasteiger partial charge in [0.1, 0.15) is 11.2 Å². The highest BCUT2D eigenvalue weighted by Gasteiger charge is 2.34. The van der Waals surface area contributed by atoms with Gasteiger partial charge in [0.2, 0.25) is 15.9 Å². The van der Waals surface area contributed by atoms with Crippen LogP contribution in [0.1, 0.15) is 18.4 Å². The first-order chi connectivity index (χ1) is 16.4. The minimum absolute atomic E-state index is 0.0517. The van der Waals surface area contributed by atoms with E-state index in [1.54, 1.807) is 12.1 Å². The zero-order valence-corrected chi connectivity index (χ0v) is 20.0. The predicted octanol–water partition coefficient (Wildman–Crippen LogP) is 6.44. The summed E-state index contributed by atoms with van der Waals surface area (Å²) in [4.78, 5) is 12.4. The van der Waals surface area contributed by atoms with Crippen molar-refractivity contribution in [3.8, 4) is 0 Å². The minimum Gasteiger partial charge on any atom is -0.456 e. The predicted molar refractivity (Wildman–Crippen MR) is 130 cm³/mol. The normalized spacial score (nSPS) is 12.3. The quantitative estimate of drug-likeness (QED) is 0.301. The lowest BCUT2D eigenvalue weighted by molar-refractivity contribution is -0.137. The van der Waals surface area contributed by atoms with Crippen molar-refractivity contribution in [3.63, 3.8) is 0 Å². The average Bonchev–Trinajstić information content (AvgIpc) is 3.13. The van der Waals surface area contributed by atoms with Crippen molar-refractivity contribution >= 4 is 60.8 Å². The summed E-state index contributed by atoms with van der Waals surface area (Å²) < 4.78 is 70.7. The van der Waals surface area contributed by atoms with Gasteiger partial charge in [-0.05, 0) is 42.8 Å². The van der Waals surface area contributed by atoms with E-state index in [2.05, 4.69) is 5.32 Å². The lowest BCUT2D eigenvalue weighted by atomic mass is 10.1. The molecule has 1 aromatic heterocycles. The van der Waals surface area contributed by atoms with E-state index in [9.17, 15) is 26.4 Å². The van der Waals surface area contributed by atoms with Crippen LogP contribution in [0.25, 0.3) is 21.9 Å². The third kappa shape index (κ3) is 5.54. The molecule has 0 fully saturated rings. The molecular weight excluding hydrogens is 505 g/mol. The number of anilines is 2. The summed E-state index contributed by atoms with van der Waals surface area (Å²) in [6, 6.07) is 15.7. The van der Waals surface area contributed by atoms with Gasteiger partial charge in [-0.1, -0.05) is 29.8 Å². The highest BCUT2D eigenvalue weighted by molar-refractivity contribution is 7.92. The monoisotopic (exact) mass is 524 g/mol. The second-order valence-electron chi connectivity index (χ2n) is 7.96. The number of benzene rings is 3. The Labute approximate surface area is 204 Å². The van der Waals surface area contributed by atoms with Crippen LogP contribution >= 0.6 is 11.6 Å².